The van der Waals surface area contributed by atoms with Crippen LogP contribution in [0.3, 0.4) is 0 Å². The zero-order valence-electron chi connectivity index (χ0n) is 12.4. The SMILES string of the molecule is CCOc1ccc(C(=O)CC[NH2+][C@H](CC(N)=O)C(=O)[O-])cc1. The van der Waals surface area contributed by atoms with Crippen LogP contribution in [0, 0.1) is 0 Å². The number of hydrogen-bond acceptors (Lipinski definition) is 5. The Hall–Kier alpha value is -2.41. The molecule has 1 amide bonds. The highest BCUT2D eigenvalue weighted by Gasteiger charge is 2.17. The first-order valence-electron chi connectivity index (χ1n) is 7.02. The van der Waals surface area contributed by atoms with Crippen LogP contribution >= 0.6 is 0 Å². The molecule has 0 saturated heterocycles. The molecule has 7 heteroatoms. The fourth-order valence-corrected chi connectivity index (χ4v) is 1.94. The van der Waals surface area contributed by atoms with Crippen molar-refractivity contribution in [3.8, 4) is 5.75 Å². The molecule has 0 heterocycles. The van der Waals surface area contributed by atoms with Gasteiger partial charge >= 0.3 is 0 Å². The zero-order valence-corrected chi connectivity index (χ0v) is 12.4. The molecule has 1 aromatic rings. The first-order chi connectivity index (χ1) is 10.4. The summed E-state index contributed by atoms with van der Waals surface area (Å²) in [6.45, 7) is 2.65. The summed E-state index contributed by atoms with van der Waals surface area (Å²) < 4.78 is 5.28. The molecule has 1 aromatic carbocycles. The van der Waals surface area contributed by atoms with Gasteiger partial charge < -0.3 is 25.7 Å². The minimum atomic E-state index is -1.37. The Balaban J connectivity index is 2.47. The van der Waals surface area contributed by atoms with E-state index in [2.05, 4.69) is 0 Å². The summed E-state index contributed by atoms with van der Waals surface area (Å²) in [7, 11) is 0. The lowest BCUT2D eigenvalue weighted by molar-refractivity contribution is -0.681. The van der Waals surface area contributed by atoms with Crippen molar-refractivity contribution < 1.29 is 29.5 Å². The standard InChI is InChI=1S/C15H20N2O5/c1-2-22-11-5-3-10(4-6-11)13(18)7-8-17-12(15(20)21)9-14(16)19/h3-6,12,17H,2,7-9H2,1H3,(H2,16,19)(H,20,21)/t12-/m1/s1. The fourth-order valence-electron chi connectivity index (χ4n) is 1.94. The van der Waals surface area contributed by atoms with Gasteiger partial charge in [0, 0.05) is 5.56 Å². The molecule has 7 nitrogen and oxygen atoms in total. The van der Waals surface area contributed by atoms with Crippen LogP contribution in [0.4, 0.5) is 0 Å². The van der Waals surface area contributed by atoms with E-state index in [-0.39, 0.29) is 25.2 Å². The fraction of sp³-hybridized carbons (Fsp3) is 0.400. The number of hydrogen-bond donors (Lipinski definition) is 2. The van der Waals surface area contributed by atoms with E-state index in [9.17, 15) is 19.5 Å². The van der Waals surface area contributed by atoms with Crippen LogP contribution in [0.15, 0.2) is 24.3 Å². The molecule has 1 atom stereocenters. The van der Waals surface area contributed by atoms with Crippen molar-refractivity contribution in [3.63, 3.8) is 0 Å². The number of carboxylic acid groups (broad SMARTS) is 1. The molecule has 0 aromatic heterocycles. The van der Waals surface area contributed by atoms with Gasteiger partial charge in [0.2, 0.25) is 5.91 Å². The Bertz CT molecular complexity index is 527. The van der Waals surface area contributed by atoms with Gasteiger partial charge in [0.05, 0.1) is 32.0 Å². The molecule has 0 aliphatic rings. The van der Waals surface area contributed by atoms with Gasteiger partial charge in [0.25, 0.3) is 0 Å². The Morgan fingerprint density at radius 1 is 1.27 bits per heavy atom. The summed E-state index contributed by atoms with van der Waals surface area (Å²) in [5, 5.41) is 12.2. The monoisotopic (exact) mass is 308 g/mol. The number of amides is 1. The lowest BCUT2D eigenvalue weighted by Gasteiger charge is -2.14. The largest absolute Gasteiger partial charge is 0.544 e. The van der Waals surface area contributed by atoms with Gasteiger partial charge in [-0.25, -0.2) is 0 Å². The van der Waals surface area contributed by atoms with E-state index in [1.165, 1.54) is 5.32 Å². The summed E-state index contributed by atoms with van der Waals surface area (Å²) in [4.78, 5) is 33.6. The maximum absolute atomic E-state index is 12.0. The molecule has 0 bridgehead atoms. The minimum Gasteiger partial charge on any atom is -0.544 e. The third kappa shape index (κ3) is 5.92. The number of ketones is 1. The molecule has 0 saturated carbocycles. The van der Waals surface area contributed by atoms with E-state index in [1.807, 2.05) is 6.92 Å². The second-order valence-electron chi connectivity index (χ2n) is 4.75. The number of quaternary nitrogens is 1. The van der Waals surface area contributed by atoms with Crippen LogP contribution in [-0.4, -0.2) is 36.9 Å². The van der Waals surface area contributed by atoms with E-state index in [0.29, 0.717) is 17.9 Å². The molecule has 1 rings (SSSR count). The number of aliphatic carboxylic acids is 1. The van der Waals surface area contributed by atoms with Crippen LogP contribution in [0.1, 0.15) is 30.1 Å². The molecule has 4 N–H and O–H groups in total. The second kappa shape index (κ2) is 8.78. The lowest BCUT2D eigenvalue weighted by Crippen LogP contribution is -2.93. The average Bonchev–Trinajstić information content (AvgIpc) is 2.46. The molecular formula is C15H20N2O5. The molecule has 22 heavy (non-hydrogen) atoms. The van der Waals surface area contributed by atoms with Crippen molar-refractivity contribution >= 4 is 17.7 Å². The maximum atomic E-state index is 12.0. The smallest absolute Gasteiger partial charge is 0.223 e. The van der Waals surface area contributed by atoms with Gasteiger partial charge in [-0.2, -0.15) is 0 Å². The molecule has 0 unspecified atom stereocenters. The van der Waals surface area contributed by atoms with Crippen molar-refractivity contribution in [2.45, 2.75) is 25.8 Å². The summed E-state index contributed by atoms with van der Waals surface area (Å²) in [5.41, 5.74) is 5.49. The Kier molecular flexibility index (Phi) is 7.04. The molecule has 120 valence electrons. The summed E-state index contributed by atoms with van der Waals surface area (Å²) >= 11 is 0. The van der Waals surface area contributed by atoms with Crippen molar-refractivity contribution in [1.82, 2.24) is 0 Å². The first-order valence-corrected chi connectivity index (χ1v) is 7.02. The Labute approximate surface area is 128 Å². The van der Waals surface area contributed by atoms with E-state index < -0.39 is 17.9 Å². The van der Waals surface area contributed by atoms with Crippen molar-refractivity contribution in [2.75, 3.05) is 13.2 Å². The van der Waals surface area contributed by atoms with Gasteiger partial charge in [-0.1, -0.05) is 0 Å². The van der Waals surface area contributed by atoms with E-state index in [0.717, 1.165) is 0 Å². The lowest BCUT2D eigenvalue weighted by atomic mass is 10.1. The highest BCUT2D eigenvalue weighted by atomic mass is 16.5. The van der Waals surface area contributed by atoms with Gasteiger partial charge in [0.15, 0.2) is 5.78 Å². The van der Waals surface area contributed by atoms with Crippen molar-refractivity contribution in [3.05, 3.63) is 29.8 Å². The van der Waals surface area contributed by atoms with Crippen LogP contribution in [0.25, 0.3) is 0 Å². The number of ether oxygens (including phenoxy) is 1. The predicted molar refractivity (Wildman–Crippen MR) is 76.0 cm³/mol. The van der Waals surface area contributed by atoms with Gasteiger partial charge in [0.1, 0.15) is 11.8 Å². The molecular weight excluding hydrogens is 288 g/mol. The van der Waals surface area contributed by atoms with Crippen LogP contribution in [0.5, 0.6) is 5.75 Å². The van der Waals surface area contributed by atoms with Gasteiger partial charge in [-0.3, -0.25) is 9.59 Å². The normalized spacial score (nSPS) is 11.7. The molecule has 0 aliphatic carbocycles. The number of benzene rings is 1. The average molecular weight is 308 g/mol. The summed E-state index contributed by atoms with van der Waals surface area (Å²) in [6.07, 6.45) is -0.171. The quantitative estimate of drug-likeness (QED) is 0.494. The highest BCUT2D eigenvalue weighted by Crippen LogP contribution is 2.13. The number of carbonyl (C=O) groups is 3. The van der Waals surface area contributed by atoms with Gasteiger partial charge in [-0.15, -0.1) is 0 Å². The number of carbonyl (C=O) groups excluding carboxylic acids is 3. The van der Waals surface area contributed by atoms with Crippen molar-refractivity contribution in [2.24, 2.45) is 5.73 Å². The van der Waals surface area contributed by atoms with Crippen LogP contribution in [0.2, 0.25) is 0 Å². The van der Waals surface area contributed by atoms with Crippen LogP contribution in [-0.2, 0) is 9.59 Å². The highest BCUT2D eigenvalue weighted by molar-refractivity contribution is 5.96. The first kappa shape index (κ1) is 17.6. The Morgan fingerprint density at radius 3 is 2.41 bits per heavy atom. The topological polar surface area (TPSA) is 126 Å². The maximum Gasteiger partial charge on any atom is 0.223 e. The number of carboxylic acids is 1. The van der Waals surface area contributed by atoms with E-state index in [1.54, 1.807) is 24.3 Å². The number of nitrogens with two attached hydrogens (primary N) is 2. The Morgan fingerprint density at radius 2 is 1.91 bits per heavy atom. The summed E-state index contributed by atoms with van der Waals surface area (Å²) in [5.74, 6) is -1.52. The van der Waals surface area contributed by atoms with Gasteiger partial charge in [-0.05, 0) is 31.2 Å². The third-order valence-corrected chi connectivity index (χ3v) is 3.03. The summed E-state index contributed by atoms with van der Waals surface area (Å²) in [6, 6.07) is 5.67. The van der Waals surface area contributed by atoms with E-state index >= 15 is 0 Å². The molecule has 0 radical (unpaired) electrons. The minimum absolute atomic E-state index is 0.115. The molecule has 0 spiro atoms. The zero-order chi connectivity index (χ0) is 16.5. The second-order valence-corrected chi connectivity index (χ2v) is 4.75. The number of primary amides is 1. The van der Waals surface area contributed by atoms with Crippen molar-refractivity contribution in [1.29, 1.82) is 0 Å². The van der Waals surface area contributed by atoms with Crippen LogP contribution < -0.4 is 20.9 Å². The third-order valence-electron chi connectivity index (χ3n) is 3.03. The number of Topliss-reactive ketones (excluding diaryl/α,β-unsaturated/α-hetero) is 1. The number of rotatable bonds is 10. The molecule has 0 fully saturated rings. The predicted octanol–water partition coefficient (Wildman–Crippen LogP) is -1.78. The van der Waals surface area contributed by atoms with E-state index in [4.69, 9.17) is 10.5 Å². The molecule has 0 aliphatic heterocycles.